The zero-order valence-corrected chi connectivity index (χ0v) is 22.2. The molecule has 0 aliphatic carbocycles. The third kappa shape index (κ3) is 6.31. The first-order chi connectivity index (χ1) is 21.6. The van der Waals surface area contributed by atoms with E-state index in [0.717, 1.165) is 0 Å². The summed E-state index contributed by atoms with van der Waals surface area (Å²) in [6.07, 6.45) is -12.5. The molecule has 0 aromatic carbocycles. The molecule has 0 spiro atoms. The normalized spacial score (nSPS) is 16.8. The van der Waals surface area contributed by atoms with Gasteiger partial charge in [-0.05, 0) is 0 Å². The van der Waals surface area contributed by atoms with E-state index in [1.807, 2.05) is 0 Å². The van der Waals surface area contributed by atoms with Crippen LogP contribution >= 0.6 is 0 Å². The van der Waals surface area contributed by atoms with Crippen molar-refractivity contribution in [2.75, 3.05) is 13.1 Å². The zero-order chi connectivity index (χ0) is 42.3. The largest absolute Gasteiger partial charge is 0.384 e. The molecule has 0 heterocycles. The highest BCUT2D eigenvalue weighted by molar-refractivity contribution is 5.16. The Labute approximate surface area is 256 Å². The lowest BCUT2D eigenvalue weighted by atomic mass is 9.88. The Bertz CT molecular complexity index is 1120. The molecular weight excluding hydrogens is 838 g/mol. The summed E-state index contributed by atoms with van der Waals surface area (Å²) in [4.78, 5) is 0. The second-order valence-electron chi connectivity index (χ2n) is 9.60. The lowest BCUT2D eigenvalue weighted by Gasteiger charge is -2.43. The molecular formula is C18H7F32N. The van der Waals surface area contributed by atoms with Gasteiger partial charge in [-0.2, -0.15) is 123 Å². The van der Waals surface area contributed by atoms with E-state index < -0.39 is 114 Å². The SMILES string of the molecule is FC(F)C(F)(F)C(F)(F)C(F)(F)C(F)(F)C(F)(F)C(F)(F)C(F)(F)CNCC(F)(F)C(F)(F)C(F)(F)C(F)(F)C(F)(F)C(F)(F)C(F)(F)C(F)F. The summed E-state index contributed by atoms with van der Waals surface area (Å²) in [5, 5.41) is -0.585. The topological polar surface area (TPSA) is 12.0 Å². The molecule has 0 aromatic rings. The first kappa shape index (κ1) is 48.7. The number of alkyl halides is 32. The Balaban J connectivity index is 6.69. The molecule has 1 nitrogen and oxygen atoms in total. The Hall–Kier alpha value is -2.28. The number of halogens is 32. The summed E-state index contributed by atoms with van der Waals surface area (Å²) >= 11 is 0. The highest BCUT2D eigenvalue weighted by Gasteiger charge is 2.95. The smallest absolute Gasteiger partial charge is 0.305 e. The second-order valence-corrected chi connectivity index (χ2v) is 9.60. The molecule has 0 rings (SSSR count). The van der Waals surface area contributed by atoms with E-state index in [9.17, 15) is 140 Å². The molecule has 33 heteroatoms. The first-order valence-electron chi connectivity index (χ1n) is 11.2. The van der Waals surface area contributed by atoms with Gasteiger partial charge in [-0.1, -0.05) is 0 Å². The van der Waals surface area contributed by atoms with Crippen LogP contribution in [-0.4, -0.2) is 109 Å². The van der Waals surface area contributed by atoms with Gasteiger partial charge in [0.15, 0.2) is 0 Å². The highest BCUT2D eigenvalue weighted by atomic mass is 19.4. The third-order valence-electron chi connectivity index (χ3n) is 6.15. The maximum absolute atomic E-state index is 13.7. The summed E-state index contributed by atoms with van der Waals surface area (Å²) in [6, 6.07) is 0. The van der Waals surface area contributed by atoms with E-state index in [1.54, 1.807) is 0 Å². The van der Waals surface area contributed by atoms with Gasteiger partial charge in [0.25, 0.3) is 0 Å². The van der Waals surface area contributed by atoms with Gasteiger partial charge in [-0.25, -0.2) is 17.6 Å². The monoisotopic (exact) mass is 845 g/mol. The van der Waals surface area contributed by atoms with Crippen molar-refractivity contribution < 1.29 is 140 Å². The molecule has 0 fully saturated rings. The van der Waals surface area contributed by atoms with Gasteiger partial charge in [0.2, 0.25) is 0 Å². The summed E-state index contributed by atoms with van der Waals surface area (Å²) in [7, 11) is 0. The van der Waals surface area contributed by atoms with Crippen LogP contribution in [0.5, 0.6) is 0 Å². The summed E-state index contributed by atoms with van der Waals surface area (Å²) in [6.45, 7) is -8.60. The van der Waals surface area contributed by atoms with E-state index in [2.05, 4.69) is 0 Å². The van der Waals surface area contributed by atoms with E-state index >= 15 is 0 Å². The predicted molar refractivity (Wildman–Crippen MR) is 94.1 cm³/mol. The van der Waals surface area contributed by atoms with Gasteiger partial charge in [0.05, 0.1) is 13.1 Å². The molecule has 0 atom stereocenters. The van der Waals surface area contributed by atoms with Crippen molar-refractivity contribution in [1.82, 2.24) is 5.32 Å². The summed E-state index contributed by atoms with van der Waals surface area (Å²) in [5.41, 5.74) is 0. The molecule has 0 aliphatic rings. The van der Waals surface area contributed by atoms with Crippen LogP contribution in [-0.2, 0) is 0 Å². The molecule has 0 radical (unpaired) electrons. The molecule has 1 N–H and O–H groups in total. The third-order valence-corrected chi connectivity index (χ3v) is 6.15. The van der Waals surface area contributed by atoms with Crippen molar-refractivity contribution in [2.45, 2.75) is 95.8 Å². The summed E-state index contributed by atoms with van der Waals surface area (Å²) < 4.78 is 423. The molecule has 0 aromatic heterocycles. The van der Waals surface area contributed by atoms with E-state index in [1.165, 1.54) is 0 Å². The van der Waals surface area contributed by atoms with Crippen molar-refractivity contribution in [3.05, 3.63) is 0 Å². The van der Waals surface area contributed by atoms with Gasteiger partial charge < -0.3 is 5.32 Å². The number of hydrogen-bond acceptors (Lipinski definition) is 1. The van der Waals surface area contributed by atoms with Crippen LogP contribution in [0.25, 0.3) is 0 Å². The lowest BCUT2D eigenvalue weighted by Crippen LogP contribution is -2.75. The van der Waals surface area contributed by atoms with E-state index in [-0.39, 0.29) is 0 Å². The molecule has 0 amide bonds. The first-order valence-corrected chi connectivity index (χ1v) is 11.2. The predicted octanol–water partition coefficient (Wildman–Crippen LogP) is 10.0. The maximum Gasteiger partial charge on any atom is 0.384 e. The molecule has 0 aliphatic heterocycles. The quantitative estimate of drug-likeness (QED) is 0.136. The maximum atomic E-state index is 13.7. The second kappa shape index (κ2) is 12.7. The van der Waals surface area contributed by atoms with Gasteiger partial charge in [-0.15, -0.1) is 0 Å². The molecule has 51 heavy (non-hydrogen) atoms. The molecule has 0 unspecified atom stereocenters. The molecule has 0 saturated carbocycles. The minimum Gasteiger partial charge on any atom is -0.305 e. The van der Waals surface area contributed by atoms with Crippen molar-refractivity contribution >= 4 is 0 Å². The summed E-state index contributed by atoms with van der Waals surface area (Å²) in [5.74, 6) is -120. The van der Waals surface area contributed by atoms with Crippen molar-refractivity contribution in [3.63, 3.8) is 0 Å². The van der Waals surface area contributed by atoms with Crippen LogP contribution in [0.2, 0.25) is 0 Å². The van der Waals surface area contributed by atoms with Crippen LogP contribution < -0.4 is 5.32 Å². The lowest BCUT2D eigenvalue weighted by molar-refractivity contribution is -0.447. The van der Waals surface area contributed by atoms with E-state index in [4.69, 9.17) is 0 Å². The minimum absolute atomic E-state index is 0.585. The van der Waals surface area contributed by atoms with Crippen LogP contribution in [0.1, 0.15) is 0 Å². The fourth-order valence-corrected chi connectivity index (χ4v) is 2.93. The standard InChI is InChI=1S/C18H7F32N/c19-3(20)7(27,28)11(35,36)15(43,44)17(47,48)13(39,40)9(31,32)5(23,24)1-51-2-6(25,26)10(33,34)14(41,42)18(49,50)16(45,46)12(37,38)8(29,30)4(21)22/h3-4,51H,1-2H2. The number of nitrogens with one attached hydrogen (secondary N) is 1. The minimum atomic E-state index is -9.09. The Morgan fingerprint density at radius 3 is 0.588 bits per heavy atom. The van der Waals surface area contributed by atoms with Crippen LogP contribution in [0, 0.1) is 0 Å². The van der Waals surface area contributed by atoms with Gasteiger partial charge >= 0.3 is 95.8 Å². The Kier molecular flexibility index (Phi) is 12.1. The highest BCUT2D eigenvalue weighted by Crippen LogP contribution is 2.64. The van der Waals surface area contributed by atoms with Crippen LogP contribution in [0.3, 0.4) is 0 Å². The van der Waals surface area contributed by atoms with E-state index in [0.29, 0.717) is 0 Å². The molecule has 308 valence electrons. The average Bonchev–Trinajstić information content (AvgIpc) is 2.91. The fourth-order valence-electron chi connectivity index (χ4n) is 2.93. The van der Waals surface area contributed by atoms with Gasteiger partial charge in [-0.3, -0.25) is 0 Å². The van der Waals surface area contributed by atoms with Crippen LogP contribution in [0.15, 0.2) is 0 Å². The zero-order valence-electron chi connectivity index (χ0n) is 22.2. The van der Waals surface area contributed by atoms with Gasteiger partial charge in [0, 0.05) is 0 Å². The van der Waals surface area contributed by atoms with Crippen LogP contribution in [0.4, 0.5) is 140 Å². The van der Waals surface area contributed by atoms with Gasteiger partial charge in [0.1, 0.15) is 0 Å². The number of rotatable bonds is 18. The fraction of sp³-hybridized carbons (Fsp3) is 1.00. The van der Waals surface area contributed by atoms with Crippen molar-refractivity contribution in [3.8, 4) is 0 Å². The molecule has 0 bridgehead atoms. The Morgan fingerprint density at radius 2 is 0.412 bits per heavy atom. The van der Waals surface area contributed by atoms with Crippen molar-refractivity contribution in [2.24, 2.45) is 0 Å². The molecule has 0 saturated heterocycles. The average molecular weight is 845 g/mol. The Morgan fingerprint density at radius 1 is 0.255 bits per heavy atom. The van der Waals surface area contributed by atoms with Crippen molar-refractivity contribution in [1.29, 1.82) is 0 Å². The number of hydrogen-bond donors (Lipinski definition) is 1.